The van der Waals surface area contributed by atoms with Gasteiger partial charge in [-0.1, -0.05) is 53.7 Å². The zero-order valence-electron chi connectivity index (χ0n) is 19.4. The number of benzene rings is 2. The van der Waals surface area contributed by atoms with E-state index in [-0.39, 0.29) is 10.8 Å². The van der Waals surface area contributed by atoms with Gasteiger partial charge in [0.25, 0.3) is 0 Å². The number of ketones is 2. The normalized spacial score (nSPS) is 14.5. The maximum Gasteiger partial charge on any atom is 0.237 e. The number of carbonyl (C=O) groups is 2. The van der Waals surface area contributed by atoms with Crippen molar-refractivity contribution in [2.45, 2.75) is 65.2 Å². The molecule has 3 rings (SSSR count). The molecule has 1 aliphatic carbocycles. The van der Waals surface area contributed by atoms with Crippen molar-refractivity contribution < 1.29 is 19.1 Å². The summed E-state index contributed by atoms with van der Waals surface area (Å²) in [5, 5.41) is 0. The van der Waals surface area contributed by atoms with Crippen molar-refractivity contribution in [3.05, 3.63) is 57.6 Å². The van der Waals surface area contributed by atoms with Crippen LogP contribution in [0.1, 0.15) is 84.5 Å². The van der Waals surface area contributed by atoms with Crippen LogP contribution in [-0.2, 0) is 23.7 Å². The molecule has 0 aromatic heterocycles. The van der Waals surface area contributed by atoms with Crippen LogP contribution in [0.2, 0.25) is 0 Å². The second kappa shape index (κ2) is 7.57. The fourth-order valence-electron chi connectivity index (χ4n) is 3.95. The van der Waals surface area contributed by atoms with E-state index in [4.69, 9.17) is 9.47 Å². The first kappa shape index (κ1) is 22.1. The SMILES string of the molecule is COc1c2cc(C(C)(C)C)cc1C(=O)C(=O)c1cc(C(C)(C)C)cc(c1OC)CC2. The van der Waals surface area contributed by atoms with Crippen molar-refractivity contribution in [2.75, 3.05) is 14.2 Å². The van der Waals surface area contributed by atoms with Crippen LogP contribution in [-0.4, -0.2) is 25.8 Å². The van der Waals surface area contributed by atoms with Gasteiger partial charge < -0.3 is 9.47 Å². The smallest absolute Gasteiger partial charge is 0.237 e. The van der Waals surface area contributed by atoms with Gasteiger partial charge in [0.1, 0.15) is 11.5 Å². The number of rotatable bonds is 2. The first-order chi connectivity index (χ1) is 13.9. The molecule has 0 amide bonds. The van der Waals surface area contributed by atoms with Crippen LogP contribution in [0.4, 0.5) is 0 Å². The third-order valence-electron chi connectivity index (χ3n) is 5.83. The number of methoxy groups -OCH3 is 2. The van der Waals surface area contributed by atoms with E-state index in [9.17, 15) is 9.59 Å². The average molecular weight is 409 g/mol. The van der Waals surface area contributed by atoms with E-state index >= 15 is 0 Å². The zero-order chi connectivity index (χ0) is 22.4. The molecule has 4 bridgehead atoms. The third-order valence-corrected chi connectivity index (χ3v) is 5.83. The summed E-state index contributed by atoms with van der Waals surface area (Å²) in [6.45, 7) is 12.6. The summed E-state index contributed by atoms with van der Waals surface area (Å²) < 4.78 is 11.3. The maximum absolute atomic E-state index is 13.4. The molecular formula is C26H32O4. The number of hydrogen-bond donors (Lipinski definition) is 0. The molecule has 0 N–H and O–H groups in total. The zero-order valence-corrected chi connectivity index (χ0v) is 19.4. The molecule has 30 heavy (non-hydrogen) atoms. The molecule has 0 saturated carbocycles. The lowest BCUT2D eigenvalue weighted by Crippen LogP contribution is -2.22. The fraction of sp³-hybridized carbons (Fsp3) is 0.462. The van der Waals surface area contributed by atoms with Crippen molar-refractivity contribution in [2.24, 2.45) is 0 Å². The van der Waals surface area contributed by atoms with Crippen molar-refractivity contribution in [1.82, 2.24) is 0 Å². The van der Waals surface area contributed by atoms with Crippen molar-refractivity contribution in [3.63, 3.8) is 0 Å². The summed E-state index contributed by atoms with van der Waals surface area (Å²) in [7, 11) is 3.11. The number of fused-ring (bicyclic) bond motifs is 4. The molecule has 0 fully saturated rings. The molecule has 0 heterocycles. The summed E-state index contributed by atoms with van der Waals surface area (Å²) in [5.74, 6) is -0.115. The van der Waals surface area contributed by atoms with Gasteiger partial charge in [-0.3, -0.25) is 9.59 Å². The van der Waals surface area contributed by atoms with Gasteiger partial charge in [-0.05, 0) is 58.1 Å². The van der Waals surface area contributed by atoms with Gasteiger partial charge in [0.2, 0.25) is 11.6 Å². The lowest BCUT2D eigenvalue weighted by atomic mass is 9.80. The largest absolute Gasteiger partial charge is 0.496 e. The number of ether oxygens (including phenoxy) is 2. The number of hydrogen-bond acceptors (Lipinski definition) is 4. The van der Waals surface area contributed by atoms with Gasteiger partial charge >= 0.3 is 0 Å². The van der Waals surface area contributed by atoms with Crippen LogP contribution in [0.25, 0.3) is 0 Å². The summed E-state index contributed by atoms with van der Waals surface area (Å²) in [4.78, 5) is 26.9. The number of carbonyl (C=O) groups excluding carboxylic acids is 2. The summed E-state index contributed by atoms with van der Waals surface area (Å²) in [6.07, 6.45) is 1.37. The Bertz CT molecular complexity index is 933. The third kappa shape index (κ3) is 3.88. The highest BCUT2D eigenvalue weighted by molar-refractivity contribution is 6.50. The molecule has 4 nitrogen and oxygen atoms in total. The maximum atomic E-state index is 13.4. The molecule has 0 spiro atoms. The highest BCUT2D eigenvalue weighted by atomic mass is 16.5. The van der Waals surface area contributed by atoms with Crippen molar-refractivity contribution in [1.29, 1.82) is 0 Å². The molecule has 1 aliphatic rings. The van der Waals surface area contributed by atoms with Crippen LogP contribution >= 0.6 is 0 Å². The van der Waals surface area contributed by atoms with E-state index < -0.39 is 11.6 Å². The summed E-state index contributed by atoms with van der Waals surface area (Å²) >= 11 is 0. The topological polar surface area (TPSA) is 52.6 Å². The molecular weight excluding hydrogens is 376 g/mol. The minimum absolute atomic E-state index is 0.158. The molecule has 0 radical (unpaired) electrons. The predicted molar refractivity (Wildman–Crippen MR) is 119 cm³/mol. The van der Waals surface area contributed by atoms with E-state index in [0.717, 1.165) is 22.3 Å². The van der Waals surface area contributed by atoms with Crippen molar-refractivity contribution in [3.8, 4) is 11.5 Å². The highest BCUT2D eigenvalue weighted by Gasteiger charge is 2.32. The molecule has 2 aromatic carbocycles. The summed E-state index contributed by atoms with van der Waals surface area (Å²) in [5.41, 5.74) is 4.25. The van der Waals surface area contributed by atoms with E-state index in [2.05, 4.69) is 53.7 Å². The Labute approximate surface area is 179 Å². The molecule has 0 saturated heterocycles. The highest BCUT2D eigenvalue weighted by Crippen LogP contribution is 2.38. The Kier molecular flexibility index (Phi) is 5.57. The second-order valence-corrected chi connectivity index (χ2v) is 10.1. The molecule has 2 aromatic rings. The van der Waals surface area contributed by atoms with Crippen LogP contribution < -0.4 is 9.47 Å². The van der Waals surface area contributed by atoms with Crippen LogP contribution in [0.5, 0.6) is 11.5 Å². The standard InChI is InChI=1S/C26H32O4/c1-25(2,3)17-11-15-9-10-16-12-18(26(4,5)6)14-20(24(16)30-8)22(28)21(27)19(13-17)23(15)29-7/h11-14H,9-10H2,1-8H3. The van der Waals surface area contributed by atoms with Gasteiger partial charge in [-0.25, -0.2) is 0 Å². The predicted octanol–water partition coefficient (Wildman–Crippen LogP) is 5.46. The fourth-order valence-corrected chi connectivity index (χ4v) is 3.95. The quantitative estimate of drug-likeness (QED) is 0.619. The second-order valence-electron chi connectivity index (χ2n) is 10.1. The van der Waals surface area contributed by atoms with Gasteiger partial charge in [-0.15, -0.1) is 0 Å². The molecule has 160 valence electrons. The lowest BCUT2D eigenvalue weighted by Gasteiger charge is -2.26. The molecule has 0 aliphatic heterocycles. The first-order valence-corrected chi connectivity index (χ1v) is 10.4. The van der Waals surface area contributed by atoms with Gasteiger partial charge in [-0.2, -0.15) is 0 Å². The minimum atomic E-state index is -0.559. The van der Waals surface area contributed by atoms with E-state index in [0.29, 0.717) is 35.5 Å². The summed E-state index contributed by atoms with van der Waals surface area (Å²) in [6, 6.07) is 7.82. The van der Waals surface area contributed by atoms with Gasteiger partial charge in [0.05, 0.1) is 25.3 Å². The van der Waals surface area contributed by atoms with Crippen molar-refractivity contribution >= 4 is 11.6 Å². The first-order valence-electron chi connectivity index (χ1n) is 10.4. The molecule has 0 unspecified atom stereocenters. The molecule has 0 atom stereocenters. The monoisotopic (exact) mass is 408 g/mol. The van der Waals surface area contributed by atoms with E-state index in [1.54, 1.807) is 14.2 Å². The van der Waals surface area contributed by atoms with Crippen LogP contribution in [0.15, 0.2) is 24.3 Å². The Hall–Kier alpha value is -2.62. The molecule has 4 heteroatoms. The number of Topliss-reactive ketones (excluding diaryl/α,β-unsaturated/α-hetero) is 2. The van der Waals surface area contributed by atoms with Gasteiger partial charge in [0.15, 0.2) is 0 Å². The van der Waals surface area contributed by atoms with Crippen LogP contribution in [0, 0.1) is 0 Å². The van der Waals surface area contributed by atoms with E-state index in [1.165, 1.54) is 0 Å². The van der Waals surface area contributed by atoms with Crippen LogP contribution in [0.3, 0.4) is 0 Å². The Balaban J connectivity index is 2.32. The minimum Gasteiger partial charge on any atom is -0.496 e. The van der Waals surface area contributed by atoms with Gasteiger partial charge in [0, 0.05) is 0 Å². The Morgan fingerprint density at radius 3 is 1.23 bits per heavy atom. The lowest BCUT2D eigenvalue weighted by molar-refractivity contribution is 0.0812. The Morgan fingerprint density at radius 2 is 0.967 bits per heavy atom. The Morgan fingerprint density at radius 1 is 0.633 bits per heavy atom. The number of aryl methyl sites for hydroxylation is 2. The average Bonchev–Trinajstić information content (AvgIpc) is 2.67. The van der Waals surface area contributed by atoms with E-state index in [1.807, 2.05) is 12.1 Å².